The fraction of sp³-hybridized carbons (Fsp3) is 0.267. The molecule has 3 aromatic carbocycles. The molecule has 0 bridgehead atoms. The van der Waals surface area contributed by atoms with Crippen molar-refractivity contribution in [1.82, 2.24) is 5.32 Å². The predicted molar refractivity (Wildman–Crippen MR) is 138 cm³/mol. The van der Waals surface area contributed by atoms with Crippen LogP contribution in [-0.2, 0) is 34.0 Å². The van der Waals surface area contributed by atoms with E-state index < -0.39 is 0 Å². The van der Waals surface area contributed by atoms with E-state index in [-0.39, 0.29) is 18.2 Å². The molecule has 0 saturated heterocycles. The van der Waals surface area contributed by atoms with Crippen LogP contribution in [0.4, 0.5) is 0 Å². The van der Waals surface area contributed by atoms with E-state index in [0.717, 1.165) is 16.7 Å². The highest BCUT2D eigenvalue weighted by Crippen LogP contribution is 2.17. The van der Waals surface area contributed by atoms with Crippen LogP contribution in [0, 0.1) is 0 Å². The van der Waals surface area contributed by atoms with Crippen LogP contribution in [0.5, 0.6) is 0 Å². The van der Waals surface area contributed by atoms with Crippen LogP contribution in [0.25, 0.3) is 0 Å². The maximum absolute atomic E-state index is 6.46. The van der Waals surface area contributed by atoms with Crippen LogP contribution in [0.15, 0.2) is 116 Å². The van der Waals surface area contributed by atoms with Crippen LogP contribution in [0.2, 0.25) is 0 Å². The monoisotopic (exact) mass is 457 g/mol. The Kier molecular flexibility index (Phi) is 11.3. The smallest absolute Gasteiger partial charge is 0.105 e. The number of benzene rings is 3. The third-order valence-electron chi connectivity index (χ3n) is 5.46. The summed E-state index contributed by atoms with van der Waals surface area (Å²) >= 11 is 0. The Morgan fingerprint density at radius 1 is 0.676 bits per heavy atom. The van der Waals surface area contributed by atoms with Gasteiger partial charge in [0, 0.05) is 6.54 Å². The van der Waals surface area contributed by atoms with Gasteiger partial charge in [-0.05, 0) is 16.7 Å². The van der Waals surface area contributed by atoms with Gasteiger partial charge in [0.05, 0.1) is 32.5 Å². The van der Waals surface area contributed by atoms with E-state index in [1.54, 1.807) is 0 Å². The van der Waals surface area contributed by atoms with Crippen LogP contribution in [-0.4, -0.2) is 31.4 Å². The van der Waals surface area contributed by atoms with Gasteiger partial charge in [-0.15, -0.1) is 13.2 Å². The summed E-state index contributed by atoms with van der Waals surface area (Å²) < 4.78 is 18.9. The van der Waals surface area contributed by atoms with Gasteiger partial charge in [0.2, 0.25) is 0 Å². The molecule has 3 rings (SSSR count). The molecule has 3 atom stereocenters. The summed E-state index contributed by atoms with van der Waals surface area (Å²) in [6.07, 6.45) is 3.02. The van der Waals surface area contributed by atoms with E-state index in [2.05, 4.69) is 54.9 Å². The number of hydrogen-bond acceptors (Lipinski definition) is 4. The van der Waals surface area contributed by atoms with Gasteiger partial charge in [-0.3, -0.25) is 0 Å². The molecule has 0 fully saturated rings. The molecule has 0 aliphatic rings. The van der Waals surface area contributed by atoms with Gasteiger partial charge < -0.3 is 19.5 Å². The summed E-state index contributed by atoms with van der Waals surface area (Å²) in [6.45, 7) is 10.5. The predicted octanol–water partition coefficient (Wildman–Crippen LogP) is 5.70. The van der Waals surface area contributed by atoms with Crippen LogP contribution in [0.1, 0.15) is 16.7 Å². The Morgan fingerprint density at radius 2 is 1.18 bits per heavy atom. The topological polar surface area (TPSA) is 39.7 Å². The van der Waals surface area contributed by atoms with Crippen molar-refractivity contribution >= 4 is 0 Å². The van der Waals surface area contributed by atoms with Crippen LogP contribution < -0.4 is 5.32 Å². The van der Waals surface area contributed by atoms with Gasteiger partial charge in [-0.25, -0.2) is 0 Å². The first kappa shape index (κ1) is 25.6. The fourth-order valence-electron chi connectivity index (χ4n) is 3.65. The van der Waals surface area contributed by atoms with Crippen molar-refractivity contribution in [2.24, 2.45) is 0 Å². The molecule has 0 unspecified atom stereocenters. The van der Waals surface area contributed by atoms with E-state index in [1.807, 2.05) is 66.7 Å². The van der Waals surface area contributed by atoms with Crippen molar-refractivity contribution in [2.75, 3.05) is 13.2 Å². The lowest BCUT2D eigenvalue weighted by molar-refractivity contribution is -0.0919. The Bertz CT molecular complexity index is 947. The van der Waals surface area contributed by atoms with Gasteiger partial charge in [-0.2, -0.15) is 0 Å². The molecule has 0 aromatic heterocycles. The van der Waals surface area contributed by atoms with Crippen molar-refractivity contribution in [3.8, 4) is 0 Å². The summed E-state index contributed by atoms with van der Waals surface area (Å²) in [6, 6.07) is 30.3. The van der Waals surface area contributed by atoms with Crippen molar-refractivity contribution in [2.45, 2.75) is 38.1 Å². The molecule has 0 aliphatic heterocycles. The summed E-state index contributed by atoms with van der Waals surface area (Å²) in [7, 11) is 0. The van der Waals surface area contributed by atoms with Crippen LogP contribution in [0.3, 0.4) is 0 Å². The molecule has 0 heterocycles. The number of ether oxygens (including phenoxy) is 3. The minimum absolute atomic E-state index is 0.121. The van der Waals surface area contributed by atoms with Gasteiger partial charge in [0.25, 0.3) is 0 Å². The normalized spacial score (nSPS) is 13.6. The molecule has 0 amide bonds. The molecule has 0 spiro atoms. The van der Waals surface area contributed by atoms with E-state index in [4.69, 9.17) is 14.2 Å². The summed E-state index contributed by atoms with van der Waals surface area (Å²) in [5, 5.41) is 3.51. The van der Waals surface area contributed by atoms with Crippen molar-refractivity contribution in [1.29, 1.82) is 0 Å². The molecule has 4 nitrogen and oxygen atoms in total. The molecule has 178 valence electrons. The van der Waals surface area contributed by atoms with E-state index >= 15 is 0 Å². The third kappa shape index (κ3) is 8.73. The fourth-order valence-corrected chi connectivity index (χ4v) is 3.65. The van der Waals surface area contributed by atoms with Gasteiger partial charge in [0.1, 0.15) is 12.2 Å². The van der Waals surface area contributed by atoms with E-state index in [9.17, 15) is 0 Å². The summed E-state index contributed by atoms with van der Waals surface area (Å²) in [5.74, 6) is 0. The quantitative estimate of drug-likeness (QED) is 0.280. The second kappa shape index (κ2) is 15.0. The first-order chi connectivity index (χ1) is 16.8. The maximum Gasteiger partial charge on any atom is 0.105 e. The Balaban J connectivity index is 1.72. The lowest BCUT2D eigenvalue weighted by atomic mass is 10.0. The lowest BCUT2D eigenvalue weighted by Crippen LogP contribution is -2.50. The largest absolute Gasteiger partial charge is 0.375 e. The Hall–Kier alpha value is -3.02. The van der Waals surface area contributed by atoms with Crippen molar-refractivity contribution in [3.63, 3.8) is 0 Å². The summed E-state index contributed by atoms with van der Waals surface area (Å²) in [5.41, 5.74) is 3.34. The van der Waals surface area contributed by atoms with E-state index in [1.165, 1.54) is 0 Å². The molecular weight excluding hydrogens is 422 g/mol. The zero-order chi connectivity index (χ0) is 23.8. The maximum atomic E-state index is 6.46. The number of nitrogens with one attached hydrogen (secondary N) is 1. The zero-order valence-corrected chi connectivity index (χ0v) is 19.7. The second-order valence-corrected chi connectivity index (χ2v) is 8.06. The molecule has 3 aromatic rings. The molecule has 0 radical (unpaired) electrons. The molecular formula is C30H35NO3. The minimum Gasteiger partial charge on any atom is -0.375 e. The second-order valence-electron chi connectivity index (χ2n) is 8.06. The van der Waals surface area contributed by atoms with Gasteiger partial charge in [0.15, 0.2) is 0 Å². The van der Waals surface area contributed by atoms with Crippen LogP contribution >= 0.6 is 0 Å². The molecule has 0 saturated carbocycles. The zero-order valence-electron chi connectivity index (χ0n) is 19.7. The molecule has 0 aliphatic carbocycles. The van der Waals surface area contributed by atoms with Gasteiger partial charge >= 0.3 is 0 Å². The average Bonchev–Trinajstić information content (AvgIpc) is 2.90. The van der Waals surface area contributed by atoms with Crippen molar-refractivity contribution < 1.29 is 14.2 Å². The average molecular weight is 458 g/mol. The standard InChI is InChI=1S/C30H35NO3/c1-3-20-31-28(24-32-21-25-14-8-5-9-15-25)30(34-23-27-18-12-7-13-19-27)29(4-2)33-22-26-16-10-6-11-17-26/h3-19,28-31H,1-2,20-24H2/t28-,29+,30+/m0/s1. The Morgan fingerprint density at radius 3 is 1.68 bits per heavy atom. The first-order valence-corrected chi connectivity index (χ1v) is 11.7. The molecule has 34 heavy (non-hydrogen) atoms. The number of hydrogen-bond donors (Lipinski definition) is 1. The highest BCUT2D eigenvalue weighted by atomic mass is 16.5. The molecule has 4 heteroatoms. The van der Waals surface area contributed by atoms with Gasteiger partial charge in [-0.1, -0.05) is 103 Å². The first-order valence-electron chi connectivity index (χ1n) is 11.7. The highest BCUT2D eigenvalue weighted by Gasteiger charge is 2.30. The number of rotatable bonds is 16. The minimum atomic E-state index is -0.327. The highest BCUT2D eigenvalue weighted by molar-refractivity contribution is 5.15. The molecule has 1 N–H and O–H groups in total. The Labute approximate surface area is 203 Å². The third-order valence-corrected chi connectivity index (χ3v) is 5.46. The lowest BCUT2D eigenvalue weighted by Gasteiger charge is -2.33. The van der Waals surface area contributed by atoms with Crippen molar-refractivity contribution in [3.05, 3.63) is 133 Å². The SMILES string of the molecule is C=CCN[C@@H](COCc1ccccc1)[C@@H](OCc1ccccc1)[C@@H](C=C)OCc1ccccc1. The summed E-state index contributed by atoms with van der Waals surface area (Å²) in [4.78, 5) is 0. The van der Waals surface area contributed by atoms with E-state index in [0.29, 0.717) is 33.0 Å².